The Morgan fingerprint density at radius 2 is 2.00 bits per heavy atom. The molecule has 0 fully saturated rings. The molecule has 6 nitrogen and oxygen atoms in total. The molecule has 1 aromatic heterocycles. The van der Waals surface area contributed by atoms with Gasteiger partial charge in [0.2, 0.25) is 5.91 Å². The number of nitrogens with two attached hydrogens (primary N) is 1. The van der Waals surface area contributed by atoms with Crippen molar-refractivity contribution in [2.45, 2.75) is 33.7 Å². The van der Waals surface area contributed by atoms with Gasteiger partial charge in [0.1, 0.15) is 24.0 Å². The summed E-state index contributed by atoms with van der Waals surface area (Å²) in [6.45, 7) is 8.54. The highest BCUT2D eigenvalue weighted by atomic mass is 16.1. The second-order valence-corrected chi connectivity index (χ2v) is 4.49. The van der Waals surface area contributed by atoms with Gasteiger partial charge in [-0.25, -0.2) is 9.97 Å². The average Bonchev–Trinajstić information content (AvgIpc) is 2.29. The van der Waals surface area contributed by atoms with Crippen molar-refractivity contribution in [3.05, 3.63) is 11.9 Å². The number of carbonyl (C=O) groups excluding carboxylic acids is 1. The van der Waals surface area contributed by atoms with Gasteiger partial charge in [-0.05, 0) is 19.8 Å². The van der Waals surface area contributed by atoms with Crippen LogP contribution in [0.5, 0.6) is 0 Å². The number of hydrogen-bond acceptors (Lipinski definition) is 5. The predicted octanol–water partition coefficient (Wildman–Crippen LogP) is 1.14. The third-order valence-electron chi connectivity index (χ3n) is 2.69. The molecule has 0 radical (unpaired) electrons. The summed E-state index contributed by atoms with van der Waals surface area (Å²) in [5, 5.41) is 6.22. The maximum Gasteiger partial charge on any atom is 0.240 e. The van der Waals surface area contributed by atoms with Crippen LogP contribution in [0.2, 0.25) is 0 Å². The van der Waals surface area contributed by atoms with E-state index < -0.39 is 6.04 Å². The Morgan fingerprint density at radius 1 is 1.39 bits per heavy atom. The summed E-state index contributed by atoms with van der Waals surface area (Å²) < 4.78 is 0. The molecule has 1 rings (SSSR count). The van der Waals surface area contributed by atoms with Gasteiger partial charge >= 0.3 is 0 Å². The number of anilines is 2. The predicted molar refractivity (Wildman–Crippen MR) is 72.4 cm³/mol. The first-order chi connectivity index (χ1) is 8.47. The Balaban J connectivity index is 2.96. The number of nitrogens with zero attached hydrogens (tertiary/aromatic N) is 2. The fourth-order valence-electron chi connectivity index (χ4n) is 1.65. The van der Waals surface area contributed by atoms with Crippen molar-refractivity contribution < 1.29 is 4.79 Å². The standard InChI is InChI=1S/C12H21N5O/c1-5-14-11-8(4)12(16-6-15-11)17-9(7(2)3)10(13)18/h6-7,9H,5H2,1-4H3,(H2,13,18)(H2,14,15,16,17). The van der Waals surface area contributed by atoms with E-state index in [2.05, 4.69) is 20.6 Å². The molecule has 0 aliphatic rings. The van der Waals surface area contributed by atoms with E-state index in [0.717, 1.165) is 17.9 Å². The summed E-state index contributed by atoms with van der Waals surface area (Å²) in [4.78, 5) is 19.7. The highest BCUT2D eigenvalue weighted by Crippen LogP contribution is 2.20. The smallest absolute Gasteiger partial charge is 0.240 e. The van der Waals surface area contributed by atoms with Gasteiger partial charge in [-0.2, -0.15) is 0 Å². The Kier molecular flexibility index (Phi) is 4.88. The third-order valence-corrected chi connectivity index (χ3v) is 2.69. The van der Waals surface area contributed by atoms with Crippen molar-refractivity contribution in [3.63, 3.8) is 0 Å². The summed E-state index contributed by atoms with van der Waals surface area (Å²) in [6.07, 6.45) is 1.46. The van der Waals surface area contributed by atoms with Crippen LogP contribution in [0.4, 0.5) is 11.6 Å². The molecule has 1 unspecified atom stereocenters. The summed E-state index contributed by atoms with van der Waals surface area (Å²) in [7, 11) is 0. The molecule has 1 aromatic rings. The molecule has 0 aliphatic heterocycles. The molecule has 0 bridgehead atoms. The van der Waals surface area contributed by atoms with Crippen LogP contribution in [-0.2, 0) is 4.79 Å². The van der Waals surface area contributed by atoms with Crippen molar-refractivity contribution in [1.82, 2.24) is 9.97 Å². The van der Waals surface area contributed by atoms with Crippen molar-refractivity contribution in [2.24, 2.45) is 11.7 Å². The van der Waals surface area contributed by atoms with Crippen LogP contribution >= 0.6 is 0 Å². The zero-order chi connectivity index (χ0) is 13.7. The van der Waals surface area contributed by atoms with Crippen LogP contribution in [-0.4, -0.2) is 28.5 Å². The Morgan fingerprint density at radius 3 is 2.50 bits per heavy atom. The second-order valence-electron chi connectivity index (χ2n) is 4.49. The van der Waals surface area contributed by atoms with E-state index >= 15 is 0 Å². The number of aromatic nitrogens is 2. The molecule has 18 heavy (non-hydrogen) atoms. The fourth-order valence-corrected chi connectivity index (χ4v) is 1.65. The summed E-state index contributed by atoms with van der Waals surface area (Å²) >= 11 is 0. The summed E-state index contributed by atoms with van der Waals surface area (Å²) in [5.41, 5.74) is 6.25. The number of nitrogens with one attached hydrogen (secondary N) is 2. The quantitative estimate of drug-likeness (QED) is 0.705. The van der Waals surface area contributed by atoms with E-state index in [0.29, 0.717) is 5.82 Å². The summed E-state index contributed by atoms with van der Waals surface area (Å²) in [5.74, 6) is 1.12. The lowest BCUT2D eigenvalue weighted by atomic mass is 10.0. The van der Waals surface area contributed by atoms with Gasteiger partial charge < -0.3 is 16.4 Å². The van der Waals surface area contributed by atoms with E-state index in [-0.39, 0.29) is 11.8 Å². The van der Waals surface area contributed by atoms with E-state index in [4.69, 9.17) is 5.73 Å². The Hall–Kier alpha value is -1.85. The van der Waals surface area contributed by atoms with Crippen molar-refractivity contribution in [2.75, 3.05) is 17.2 Å². The van der Waals surface area contributed by atoms with Gasteiger partial charge in [0.05, 0.1) is 0 Å². The van der Waals surface area contributed by atoms with E-state index in [1.54, 1.807) is 0 Å². The minimum Gasteiger partial charge on any atom is -0.370 e. The van der Waals surface area contributed by atoms with Crippen LogP contribution in [0, 0.1) is 12.8 Å². The summed E-state index contributed by atoms with van der Waals surface area (Å²) in [6, 6.07) is -0.437. The largest absolute Gasteiger partial charge is 0.370 e. The van der Waals surface area contributed by atoms with Gasteiger partial charge in [0.25, 0.3) is 0 Å². The maximum atomic E-state index is 11.4. The molecule has 0 spiro atoms. The first kappa shape index (κ1) is 14.2. The number of hydrogen-bond donors (Lipinski definition) is 3. The number of rotatable bonds is 6. The first-order valence-corrected chi connectivity index (χ1v) is 6.08. The van der Waals surface area contributed by atoms with Gasteiger partial charge in [0, 0.05) is 12.1 Å². The van der Waals surface area contributed by atoms with Crippen molar-refractivity contribution in [1.29, 1.82) is 0 Å². The molecule has 1 amide bonds. The van der Waals surface area contributed by atoms with Crippen LogP contribution < -0.4 is 16.4 Å². The molecule has 100 valence electrons. The van der Waals surface area contributed by atoms with Crippen LogP contribution in [0.15, 0.2) is 6.33 Å². The van der Waals surface area contributed by atoms with Crippen LogP contribution in [0.1, 0.15) is 26.3 Å². The lowest BCUT2D eigenvalue weighted by Gasteiger charge is -2.21. The average molecular weight is 251 g/mol. The molecule has 0 saturated heterocycles. The topological polar surface area (TPSA) is 92.9 Å². The van der Waals surface area contributed by atoms with Crippen molar-refractivity contribution >= 4 is 17.5 Å². The molecule has 1 atom stereocenters. The second kappa shape index (κ2) is 6.18. The SMILES string of the molecule is CCNc1ncnc(NC(C(N)=O)C(C)C)c1C. The minimum absolute atomic E-state index is 0.0967. The van der Waals surface area contributed by atoms with Crippen molar-refractivity contribution in [3.8, 4) is 0 Å². The van der Waals surface area contributed by atoms with E-state index in [9.17, 15) is 4.79 Å². The third kappa shape index (κ3) is 3.32. The van der Waals surface area contributed by atoms with Gasteiger partial charge in [-0.3, -0.25) is 4.79 Å². The molecular weight excluding hydrogens is 230 g/mol. The maximum absolute atomic E-state index is 11.4. The number of carbonyl (C=O) groups is 1. The zero-order valence-corrected chi connectivity index (χ0v) is 11.3. The molecule has 4 N–H and O–H groups in total. The normalized spacial score (nSPS) is 12.3. The van der Waals surface area contributed by atoms with Gasteiger partial charge in [-0.15, -0.1) is 0 Å². The molecule has 0 aromatic carbocycles. The Bertz CT molecular complexity index is 419. The van der Waals surface area contributed by atoms with E-state index in [1.165, 1.54) is 6.33 Å². The molecular formula is C12H21N5O. The lowest BCUT2D eigenvalue weighted by Crippen LogP contribution is -2.40. The zero-order valence-electron chi connectivity index (χ0n) is 11.3. The molecule has 0 aliphatic carbocycles. The monoisotopic (exact) mass is 251 g/mol. The van der Waals surface area contributed by atoms with Crippen LogP contribution in [0.3, 0.4) is 0 Å². The molecule has 1 heterocycles. The molecule has 6 heteroatoms. The Labute approximate surface area is 107 Å². The number of amides is 1. The van der Waals surface area contributed by atoms with Gasteiger partial charge in [-0.1, -0.05) is 13.8 Å². The highest BCUT2D eigenvalue weighted by molar-refractivity contribution is 5.83. The first-order valence-electron chi connectivity index (χ1n) is 6.08. The van der Waals surface area contributed by atoms with Gasteiger partial charge in [0.15, 0.2) is 0 Å². The van der Waals surface area contributed by atoms with E-state index in [1.807, 2.05) is 27.7 Å². The highest BCUT2D eigenvalue weighted by Gasteiger charge is 2.21. The fraction of sp³-hybridized carbons (Fsp3) is 0.583. The van der Waals surface area contributed by atoms with Crippen LogP contribution in [0.25, 0.3) is 0 Å². The molecule has 0 saturated carbocycles. The minimum atomic E-state index is -0.437. The lowest BCUT2D eigenvalue weighted by molar-refractivity contribution is -0.119. The number of primary amides is 1.